The summed E-state index contributed by atoms with van der Waals surface area (Å²) in [5.41, 5.74) is 0.176. The molecule has 2 aliphatic rings. The van der Waals surface area contributed by atoms with E-state index in [1.165, 1.54) is 7.11 Å². The van der Waals surface area contributed by atoms with Gasteiger partial charge in [0.05, 0.1) is 20.1 Å². The van der Waals surface area contributed by atoms with Crippen LogP contribution in [0.2, 0.25) is 5.02 Å². The Labute approximate surface area is 211 Å². The van der Waals surface area contributed by atoms with Gasteiger partial charge < -0.3 is 29.1 Å². The Hall–Kier alpha value is -2.52. The fourth-order valence-electron chi connectivity index (χ4n) is 4.58. The van der Waals surface area contributed by atoms with Gasteiger partial charge in [0, 0.05) is 50.8 Å². The van der Waals surface area contributed by atoms with Gasteiger partial charge in [0.25, 0.3) is 0 Å². The predicted octanol–water partition coefficient (Wildman–Crippen LogP) is 2.87. The molecule has 9 heteroatoms. The van der Waals surface area contributed by atoms with E-state index in [1.54, 1.807) is 24.3 Å². The van der Waals surface area contributed by atoms with Crippen molar-refractivity contribution in [1.29, 1.82) is 0 Å². The summed E-state index contributed by atoms with van der Waals surface area (Å²) in [6.45, 7) is 5.79. The zero-order valence-corrected chi connectivity index (χ0v) is 21.2. The highest BCUT2D eigenvalue weighted by Crippen LogP contribution is 2.30. The molecule has 35 heavy (non-hydrogen) atoms. The number of nitrogens with zero attached hydrogens (tertiary/aromatic N) is 3. The van der Waals surface area contributed by atoms with E-state index >= 15 is 0 Å². The fourth-order valence-corrected chi connectivity index (χ4v) is 4.71. The molecule has 8 nitrogen and oxygen atoms in total. The van der Waals surface area contributed by atoms with Crippen molar-refractivity contribution in [3.8, 4) is 17.2 Å². The third-order valence-electron chi connectivity index (χ3n) is 6.62. The summed E-state index contributed by atoms with van der Waals surface area (Å²) in [7, 11) is 3.60. The van der Waals surface area contributed by atoms with E-state index in [0.29, 0.717) is 36.2 Å². The molecule has 2 aromatic carbocycles. The van der Waals surface area contributed by atoms with Crippen LogP contribution in [0.5, 0.6) is 17.2 Å². The molecule has 4 rings (SSSR count). The number of rotatable bonds is 8. The number of benzene rings is 2. The third kappa shape index (κ3) is 6.79. The highest BCUT2D eigenvalue weighted by Gasteiger charge is 2.41. The molecule has 190 valence electrons. The maximum Gasteiger partial charge on any atom is 0.225 e. The number of phenols is 1. The second kappa shape index (κ2) is 11.5. The first-order chi connectivity index (χ1) is 16.9. The van der Waals surface area contributed by atoms with Crippen LogP contribution in [0, 0.1) is 0 Å². The van der Waals surface area contributed by atoms with Crippen molar-refractivity contribution in [2.24, 2.45) is 0 Å². The van der Waals surface area contributed by atoms with Gasteiger partial charge in [-0.15, -0.1) is 0 Å². The molecule has 2 saturated heterocycles. The van der Waals surface area contributed by atoms with Crippen LogP contribution >= 0.6 is 11.6 Å². The number of carbonyl (C=O) groups is 1. The van der Waals surface area contributed by atoms with Crippen LogP contribution in [0.3, 0.4) is 0 Å². The molecule has 1 N–H and O–H groups in total. The maximum absolute atomic E-state index is 13.3. The van der Waals surface area contributed by atoms with Gasteiger partial charge in [0.2, 0.25) is 5.91 Å². The molecule has 2 fully saturated rings. The number of carbonyl (C=O) groups excluding carboxylic acids is 1. The fraction of sp³-hybridized carbons (Fsp3) is 0.500. The van der Waals surface area contributed by atoms with Gasteiger partial charge in [0.15, 0.2) is 11.5 Å². The maximum atomic E-state index is 13.3. The largest absolute Gasteiger partial charge is 0.504 e. The van der Waals surface area contributed by atoms with Gasteiger partial charge in [-0.3, -0.25) is 9.69 Å². The van der Waals surface area contributed by atoms with E-state index in [9.17, 15) is 9.90 Å². The SMILES string of the molecule is COc1ccc(CN2CCO[C@](COc3ccc(Cl)cc3)(CC(=O)N3CCN(C)CC3)C2)cc1O. The zero-order valence-electron chi connectivity index (χ0n) is 20.4. The summed E-state index contributed by atoms with van der Waals surface area (Å²) < 4.78 is 17.6. The van der Waals surface area contributed by atoms with Gasteiger partial charge in [0.1, 0.15) is 18.0 Å². The van der Waals surface area contributed by atoms with Crippen LogP contribution in [0.1, 0.15) is 12.0 Å². The summed E-state index contributed by atoms with van der Waals surface area (Å²) in [4.78, 5) is 19.7. The first-order valence-corrected chi connectivity index (χ1v) is 12.3. The van der Waals surface area contributed by atoms with Gasteiger partial charge in [-0.05, 0) is 49.0 Å². The smallest absolute Gasteiger partial charge is 0.225 e. The van der Waals surface area contributed by atoms with Crippen LogP contribution in [0.15, 0.2) is 42.5 Å². The van der Waals surface area contributed by atoms with E-state index in [2.05, 4.69) is 16.8 Å². The average Bonchev–Trinajstić information content (AvgIpc) is 2.84. The number of morpholine rings is 1. The molecule has 1 amide bonds. The van der Waals surface area contributed by atoms with E-state index < -0.39 is 5.60 Å². The Morgan fingerprint density at radius 2 is 1.86 bits per heavy atom. The van der Waals surface area contributed by atoms with Gasteiger partial charge in [-0.25, -0.2) is 0 Å². The normalized spacial score (nSPS) is 21.6. The molecule has 2 aliphatic heterocycles. The summed E-state index contributed by atoms with van der Waals surface area (Å²) in [5.74, 6) is 1.32. The lowest BCUT2D eigenvalue weighted by Gasteiger charge is -2.43. The number of hydrogen-bond acceptors (Lipinski definition) is 7. The van der Waals surface area contributed by atoms with Crippen LogP contribution in [0.25, 0.3) is 0 Å². The minimum Gasteiger partial charge on any atom is -0.504 e. The number of halogens is 1. The van der Waals surface area contributed by atoms with Crippen LogP contribution in [-0.4, -0.2) is 98.0 Å². The Bertz CT molecular complexity index is 997. The monoisotopic (exact) mass is 503 g/mol. The Morgan fingerprint density at radius 3 is 2.54 bits per heavy atom. The summed E-state index contributed by atoms with van der Waals surface area (Å²) >= 11 is 6.01. The molecule has 0 radical (unpaired) electrons. The molecule has 1 atom stereocenters. The lowest BCUT2D eigenvalue weighted by atomic mass is 9.96. The van der Waals surface area contributed by atoms with Crippen molar-refractivity contribution in [3.63, 3.8) is 0 Å². The Balaban J connectivity index is 1.48. The number of likely N-dealkylation sites (N-methyl/N-ethyl adjacent to an activating group) is 1. The average molecular weight is 504 g/mol. The van der Waals surface area contributed by atoms with Crippen molar-refractivity contribution >= 4 is 17.5 Å². The van der Waals surface area contributed by atoms with Crippen molar-refractivity contribution in [3.05, 3.63) is 53.1 Å². The van der Waals surface area contributed by atoms with Crippen molar-refractivity contribution in [2.45, 2.75) is 18.6 Å². The number of phenolic OH excluding ortho intramolecular Hbond substituents is 1. The topological polar surface area (TPSA) is 74.7 Å². The van der Waals surface area contributed by atoms with Crippen LogP contribution < -0.4 is 9.47 Å². The molecule has 0 saturated carbocycles. The van der Waals surface area contributed by atoms with Crippen molar-refractivity contribution in [1.82, 2.24) is 14.7 Å². The first kappa shape index (κ1) is 25.6. The molecule has 0 spiro atoms. The molecule has 0 aliphatic carbocycles. The van der Waals surface area contributed by atoms with Gasteiger partial charge in [-0.1, -0.05) is 17.7 Å². The molecular formula is C26H34ClN3O5. The quantitative estimate of drug-likeness (QED) is 0.593. The molecule has 2 heterocycles. The van der Waals surface area contributed by atoms with Crippen molar-refractivity contribution < 1.29 is 24.1 Å². The lowest BCUT2D eigenvalue weighted by molar-refractivity contribution is -0.157. The van der Waals surface area contributed by atoms with E-state index in [4.69, 9.17) is 25.8 Å². The van der Waals surface area contributed by atoms with Crippen molar-refractivity contribution in [2.75, 3.05) is 66.6 Å². The first-order valence-electron chi connectivity index (χ1n) is 11.9. The van der Waals surface area contributed by atoms with Crippen LogP contribution in [0.4, 0.5) is 0 Å². The minimum atomic E-state index is -0.785. The highest BCUT2D eigenvalue weighted by atomic mass is 35.5. The van der Waals surface area contributed by atoms with Gasteiger partial charge >= 0.3 is 0 Å². The zero-order chi connectivity index (χ0) is 24.8. The minimum absolute atomic E-state index is 0.0850. The summed E-state index contributed by atoms with van der Waals surface area (Å²) in [6.07, 6.45) is 0.245. The van der Waals surface area contributed by atoms with E-state index in [1.807, 2.05) is 23.1 Å². The predicted molar refractivity (Wildman–Crippen MR) is 134 cm³/mol. The van der Waals surface area contributed by atoms with E-state index in [0.717, 1.165) is 38.3 Å². The molecule has 0 aromatic heterocycles. The molecule has 2 aromatic rings. The molecular weight excluding hydrogens is 470 g/mol. The number of methoxy groups -OCH3 is 1. The summed E-state index contributed by atoms with van der Waals surface area (Å²) in [6, 6.07) is 12.6. The molecule has 0 unspecified atom stereocenters. The number of aromatic hydroxyl groups is 1. The third-order valence-corrected chi connectivity index (χ3v) is 6.87. The lowest BCUT2D eigenvalue weighted by Crippen LogP contribution is -2.58. The summed E-state index contributed by atoms with van der Waals surface area (Å²) in [5, 5.41) is 10.8. The Morgan fingerprint density at radius 1 is 1.11 bits per heavy atom. The standard InChI is InChI=1S/C26H34ClN3O5/c1-28-9-11-30(12-10-28)25(32)16-26(19-34-22-6-4-21(27)5-7-22)18-29(13-14-35-26)17-20-3-8-24(33-2)23(31)15-20/h3-8,15,31H,9-14,16-19H2,1-2H3/t26-/m1/s1. The second-order valence-corrected chi connectivity index (χ2v) is 9.79. The number of hydrogen-bond donors (Lipinski definition) is 1. The van der Waals surface area contributed by atoms with Crippen LogP contribution in [-0.2, 0) is 16.1 Å². The second-order valence-electron chi connectivity index (χ2n) is 9.35. The Kier molecular flexibility index (Phi) is 8.38. The number of ether oxygens (including phenoxy) is 3. The van der Waals surface area contributed by atoms with E-state index in [-0.39, 0.29) is 24.7 Å². The number of amides is 1. The van der Waals surface area contributed by atoms with Gasteiger partial charge in [-0.2, -0.15) is 0 Å². The highest BCUT2D eigenvalue weighted by molar-refractivity contribution is 6.30. The molecule has 0 bridgehead atoms. The number of piperazine rings is 1.